The molecular formula is C7H10N2PdPt. The van der Waals surface area contributed by atoms with E-state index in [1.54, 1.807) is 0 Å². The molecule has 0 aromatic rings. The number of hydrogen-bond donors (Lipinski definition) is 0. The maximum atomic E-state index is 6.60. The van der Waals surface area contributed by atoms with E-state index in [4.69, 9.17) is 13.1 Å². The summed E-state index contributed by atoms with van der Waals surface area (Å²) in [6.45, 7) is 16.9. The van der Waals surface area contributed by atoms with E-state index < -0.39 is 0 Å². The molecule has 0 heterocycles. The normalized spacial score (nSPS) is 12.4. The van der Waals surface area contributed by atoms with Gasteiger partial charge in [0.15, 0.2) is 0 Å². The van der Waals surface area contributed by atoms with Crippen molar-refractivity contribution in [3.8, 4) is 0 Å². The summed E-state index contributed by atoms with van der Waals surface area (Å²) in [6, 6.07) is 0.0169. The van der Waals surface area contributed by atoms with Crippen LogP contribution in [0.5, 0.6) is 0 Å². The van der Waals surface area contributed by atoms with Gasteiger partial charge in [-0.1, -0.05) is 0 Å². The summed E-state index contributed by atoms with van der Waals surface area (Å²) in [6.07, 6.45) is 0.701. The van der Waals surface area contributed by atoms with Crippen molar-refractivity contribution in [3.05, 3.63) is 22.8 Å². The first-order valence-electron chi connectivity index (χ1n) is 2.93. The molecule has 2 nitrogen and oxygen atoms in total. The van der Waals surface area contributed by atoms with Crippen molar-refractivity contribution >= 4 is 0 Å². The van der Waals surface area contributed by atoms with Gasteiger partial charge in [-0.05, 0) is 0 Å². The molecule has 2 unspecified atom stereocenters. The predicted octanol–water partition coefficient (Wildman–Crippen LogP) is 1.99. The minimum Gasteiger partial charge on any atom is -0.314 e. The van der Waals surface area contributed by atoms with Crippen LogP contribution in [-0.4, -0.2) is 12.1 Å². The molecule has 4 heteroatoms. The van der Waals surface area contributed by atoms with E-state index in [1.807, 2.05) is 13.8 Å². The quantitative estimate of drug-likeness (QED) is 0.474. The summed E-state index contributed by atoms with van der Waals surface area (Å²) < 4.78 is 0. The summed E-state index contributed by atoms with van der Waals surface area (Å²) in [4.78, 5) is 6.57. The van der Waals surface area contributed by atoms with Crippen LogP contribution >= 0.6 is 0 Å². The van der Waals surface area contributed by atoms with Crippen LogP contribution in [0.4, 0.5) is 0 Å². The fourth-order valence-corrected chi connectivity index (χ4v) is 0.599. The molecule has 0 aromatic carbocycles. The molecule has 2 atom stereocenters. The van der Waals surface area contributed by atoms with Crippen molar-refractivity contribution in [2.45, 2.75) is 32.4 Å². The van der Waals surface area contributed by atoms with Crippen LogP contribution in [-0.2, 0) is 41.5 Å². The zero-order valence-electron chi connectivity index (χ0n) is 6.39. The zero-order chi connectivity index (χ0) is 7.28. The molecular weight excluding hydrogens is 414 g/mol. The Morgan fingerprint density at radius 2 is 1.36 bits per heavy atom. The van der Waals surface area contributed by atoms with Gasteiger partial charge in [0, 0.05) is 55.3 Å². The molecule has 0 aliphatic carbocycles. The van der Waals surface area contributed by atoms with Gasteiger partial charge in [0.05, 0.1) is 6.42 Å². The van der Waals surface area contributed by atoms with E-state index in [0.717, 1.165) is 0 Å². The monoisotopic (exact) mass is 423 g/mol. The topological polar surface area (TPSA) is 8.72 Å². The summed E-state index contributed by atoms with van der Waals surface area (Å²) in [5.41, 5.74) is 0. The molecule has 0 aliphatic rings. The van der Waals surface area contributed by atoms with Crippen LogP contribution in [0.15, 0.2) is 0 Å². The second-order valence-corrected chi connectivity index (χ2v) is 2.19. The third-order valence-corrected chi connectivity index (χ3v) is 1.12. The van der Waals surface area contributed by atoms with Crippen LogP contribution < -0.4 is 0 Å². The molecule has 68 valence electrons. The minimum atomic E-state index is 0. The van der Waals surface area contributed by atoms with Gasteiger partial charge in [-0.2, -0.15) is 0 Å². The first-order valence-corrected chi connectivity index (χ1v) is 2.93. The average Bonchev–Trinajstić information content (AvgIpc) is 1.87. The Hall–Kier alpha value is 0.331. The van der Waals surface area contributed by atoms with E-state index in [0.29, 0.717) is 6.42 Å². The van der Waals surface area contributed by atoms with Crippen molar-refractivity contribution in [2.24, 2.45) is 0 Å². The maximum absolute atomic E-state index is 6.60. The number of rotatable bonds is 2. The molecule has 0 aromatic heterocycles. The second kappa shape index (κ2) is 10.3. The van der Waals surface area contributed by atoms with Crippen LogP contribution in [0.2, 0.25) is 0 Å². The van der Waals surface area contributed by atoms with Crippen LogP contribution in [0.3, 0.4) is 0 Å². The fourth-order valence-electron chi connectivity index (χ4n) is 0.599. The van der Waals surface area contributed by atoms with Gasteiger partial charge < -0.3 is 9.69 Å². The molecule has 0 saturated heterocycles. The maximum Gasteiger partial charge on any atom is 0.228 e. The molecule has 11 heavy (non-hydrogen) atoms. The Labute approximate surface area is 96.3 Å². The van der Waals surface area contributed by atoms with E-state index in [2.05, 4.69) is 9.69 Å². The van der Waals surface area contributed by atoms with Crippen LogP contribution in [0.1, 0.15) is 20.3 Å². The third kappa shape index (κ3) is 10.3. The van der Waals surface area contributed by atoms with Crippen molar-refractivity contribution in [1.29, 1.82) is 0 Å². The fraction of sp³-hybridized carbons (Fsp3) is 0.714. The first kappa shape index (κ1) is 17.4. The molecule has 0 amide bonds. The van der Waals surface area contributed by atoms with Gasteiger partial charge in [0.2, 0.25) is 12.1 Å². The summed E-state index contributed by atoms with van der Waals surface area (Å²) in [7, 11) is 0. The van der Waals surface area contributed by atoms with Crippen LogP contribution in [0, 0.1) is 13.1 Å². The van der Waals surface area contributed by atoms with Gasteiger partial charge >= 0.3 is 0 Å². The molecule has 0 spiro atoms. The molecule has 0 rings (SSSR count). The summed E-state index contributed by atoms with van der Waals surface area (Å²) in [5.74, 6) is 0. The van der Waals surface area contributed by atoms with Gasteiger partial charge in [-0.3, -0.25) is 0 Å². The van der Waals surface area contributed by atoms with E-state index in [-0.39, 0.29) is 53.6 Å². The zero-order valence-corrected chi connectivity index (χ0v) is 10.2. The molecule has 0 radical (unpaired) electrons. The van der Waals surface area contributed by atoms with Crippen LogP contribution in [0.25, 0.3) is 9.69 Å². The third-order valence-electron chi connectivity index (χ3n) is 1.12. The van der Waals surface area contributed by atoms with E-state index in [1.165, 1.54) is 0 Å². The number of hydrogen-bond acceptors (Lipinski definition) is 0. The van der Waals surface area contributed by atoms with Gasteiger partial charge in [-0.25, -0.2) is 13.1 Å². The Morgan fingerprint density at radius 1 is 1.09 bits per heavy atom. The molecule has 0 aliphatic heterocycles. The Balaban J connectivity index is -0.000000320. The second-order valence-electron chi connectivity index (χ2n) is 2.19. The molecule has 0 fully saturated rings. The average molecular weight is 424 g/mol. The summed E-state index contributed by atoms with van der Waals surface area (Å²) >= 11 is 0. The van der Waals surface area contributed by atoms with Crippen molar-refractivity contribution in [3.63, 3.8) is 0 Å². The van der Waals surface area contributed by atoms with Gasteiger partial charge in [-0.15, -0.1) is 0 Å². The smallest absolute Gasteiger partial charge is 0.228 e. The largest absolute Gasteiger partial charge is 0.314 e. The molecule has 0 bridgehead atoms. The standard InChI is InChI=1S/C7H10N2.Pd.Pt/c1-6(8-3)5-7(2)9-4;;/h6-7H,5H2,1-2H3;;. The van der Waals surface area contributed by atoms with Crippen molar-refractivity contribution in [2.75, 3.05) is 0 Å². The Bertz CT molecular complexity index is 141. The Kier molecular flexibility index (Phi) is 16.4. The minimum absolute atomic E-state index is 0. The molecule has 0 saturated carbocycles. The van der Waals surface area contributed by atoms with Gasteiger partial charge in [0.25, 0.3) is 0 Å². The first-order chi connectivity index (χ1) is 4.20. The predicted molar refractivity (Wildman–Crippen MR) is 36.7 cm³/mol. The van der Waals surface area contributed by atoms with E-state index >= 15 is 0 Å². The van der Waals surface area contributed by atoms with Crippen molar-refractivity contribution < 1.29 is 41.5 Å². The van der Waals surface area contributed by atoms with E-state index in [9.17, 15) is 0 Å². The summed E-state index contributed by atoms with van der Waals surface area (Å²) in [5, 5.41) is 0. The number of nitrogens with zero attached hydrogens (tertiary/aromatic N) is 2. The Morgan fingerprint density at radius 3 is 1.55 bits per heavy atom. The van der Waals surface area contributed by atoms with Crippen molar-refractivity contribution in [1.82, 2.24) is 0 Å². The SMILES string of the molecule is [C-]#[N+]C(C)CC(C)[N+]#[C-].[Pd].[Pt]. The molecule has 0 N–H and O–H groups in total. The van der Waals surface area contributed by atoms with Gasteiger partial charge in [0.1, 0.15) is 0 Å².